The highest BCUT2D eigenvalue weighted by molar-refractivity contribution is 7.99. The number of aromatic nitrogens is 4. The number of methoxy groups -OCH3 is 1. The van der Waals surface area contributed by atoms with Crippen LogP contribution in [0.4, 0.5) is 5.69 Å². The first-order valence-corrected chi connectivity index (χ1v) is 10.8. The van der Waals surface area contributed by atoms with Gasteiger partial charge in [0.1, 0.15) is 11.5 Å². The van der Waals surface area contributed by atoms with Crippen LogP contribution in [0.3, 0.4) is 0 Å². The molecule has 2 aromatic carbocycles. The third-order valence-corrected chi connectivity index (χ3v) is 5.39. The molecule has 0 radical (unpaired) electrons. The maximum atomic E-state index is 12.5. The lowest BCUT2D eigenvalue weighted by molar-refractivity contribution is -0.113. The van der Waals surface area contributed by atoms with Gasteiger partial charge in [0, 0.05) is 17.3 Å². The molecule has 0 bridgehead atoms. The second-order valence-corrected chi connectivity index (χ2v) is 7.61. The Morgan fingerprint density at radius 2 is 1.81 bits per heavy atom. The molecule has 0 spiro atoms. The molecule has 0 fully saturated rings. The van der Waals surface area contributed by atoms with Crippen molar-refractivity contribution >= 4 is 29.0 Å². The van der Waals surface area contributed by atoms with Crippen LogP contribution in [0, 0.1) is 0 Å². The van der Waals surface area contributed by atoms with Crippen LogP contribution < -0.4 is 20.3 Å². The average molecular weight is 452 g/mol. The van der Waals surface area contributed by atoms with Crippen molar-refractivity contribution in [2.24, 2.45) is 0 Å². The van der Waals surface area contributed by atoms with E-state index in [4.69, 9.17) is 9.47 Å². The van der Waals surface area contributed by atoms with Gasteiger partial charge in [-0.05, 0) is 55.5 Å². The topological polar surface area (TPSA) is 111 Å². The van der Waals surface area contributed by atoms with Crippen LogP contribution in [0.15, 0.2) is 64.5 Å². The molecule has 0 unspecified atom stereocenters. The molecule has 0 saturated carbocycles. The minimum Gasteiger partial charge on any atom is -0.497 e. The summed E-state index contributed by atoms with van der Waals surface area (Å²) in [4.78, 5) is 33.3. The van der Waals surface area contributed by atoms with Gasteiger partial charge in [0.2, 0.25) is 5.91 Å². The third kappa shape index (κ3) is 4.92. The van der Waals surface area contributed by atoms with E-state index in [2.05, 4.69) is 20.4 Å². The summed E-state index contributed by atoms with van der Waals surface area (Å²) in [6.45, 7) is 2.49. The Balaban J connectivity index is 1.52. The second-order valence-electron chi connectivity index (χ2n) is 6.67. The van der Waals surface area contributed by atoms with E-state index < -0.39 is 0 Å². The number of carbonyl (C=O) groups is 1. The molecule has 4 aromatic rings. The van der Waals surface area contributed by atoms with Crippen LogP contribution in [0.25, 0.3) is 17.0 Å². The number of amides is 1. The highest BCUT2D eigenvalue weighted by Crippen LogP contribution is 2.24. The SMILES string of the molecule is CCOc1ccc(NC(=O)CSc2nc(-c3ccc(OC)cc3)nc3cc(=O)[nH]n23)cc1. The number of nitrogens with zero attached hydrogens (tertiary/aromatic N) is 3. The predicted octanol–water partition coefficient (Wildman–Crippen LogP) is 3.22. The van der Waals surface area contributed by atoms with Crippen LogP contribution >= 0.6 is 11.8 Å². The van der Waals surface area contributed by atoms with E-state index in [-0.39, 0.29) is 17.2 Å². The van der Waals surface area contributed by atoms with Gasteiger partial charge in [-0.15, -0.1) is 0 Å². The van der Waals surface area contributed by atoms with Crippen molar-refractivity contribution < 1.29 is 14.3 Å². The fraction of sp³-hybridized carbons (Fsp3) is 0.182. The van der Waals surface area contributed by atoms with Crippen molar-refractivity contribution in [1.82, 2.24) is 19.6 Å². The van der Waals surface area contributed by atoms with Crippen molar-refractivity contribution in [3.63, 3.8) is 0 Å². The largest absolute Gasteiger partial charge is 0.497 e. The summed E-state index contributed by atoms with van der Waals surface area (Å²) in [5.74, 6) is 1.80. The van der Waals surface area contributed by atoms with Gasteiger partial charge in [-0.3, -0.25) is 14.7 Å². The third-order valence-electron chi connectivity index (χ3n) is 4.45. The van der Waals surface area contributed by atoms with Crippen molar-refractivity contribution in [3.8, 4) is 22.9 Å². The maximum Gasteiger partial charge on any atom is 0.266 e. The number of H-pyrrole nitrogens is 1. The molecule has 2 heterocycles. The van der Waals surface area contributed by atoms with Gasteiger partial charge in [-0.1, -0.05) is 11.8 Å². The Morgan fingerprint density at radius 3 is 2.50 bits per heavy atom. The number of nitrogens with one attached hydrogen (secondary N) is 2. The first-order chi connectivity index (χ1) is 15.6. The summed E-state index contributed by atoms with van der Waals surface area (Å²) < 4.78 is 12.1. The highest BCUT2D eigenvalue weighted by atomic mass is 32.2. The van der Waals surface area contributed by atoms with E-state index in [1.807, 2.05) is 31.2 Å². The minimum absolute atomic E-state index is 0.0988. The first-order valence-electron chi connectivity index (χ1n) is 9.85. The fourth-order valence-electron chi connectivity index (χ4n) is 2.98. The number of carbonyl (C=O) groups excluding carboxylic acids is 1. The Hall–Kier alpha value is -3.79. The van der Waals surface area contributed by atoms with E-state index in [0.717, 1.165) is 11.3 Å². The normalized spacial score (nSPS) is 10.8. The van der Waals surface area contributed by atoms with E-state index in [1.165, 1.54) is 22.3 Å². The first kappa shape index (κ1) is 21.4. The van der Waals surface area contributed by atoms with Gasteiger partial charge in [-0.2, -0.15) is 0 Å². The molecule has 0 aliphatic heterocycles. The summed E-state index contributed by atoms with van der Waals surface area (Å²) in [5, 5.41) is 5.95. The summed E-state index contributed by atoms with van der Waals surface area (Å²) >= 11 is 1.20. The van der Waals surface area contributed by atoms with Gasteiger partial charge < -0.3 is 14.8 Å². The zero-order chi connectivity index (χ0) is 22.5. The summed E-state index contributed by atoms with van der Waals surface area (Å²) in [5.41, 5.74) is 1.56. The van der Waals surface area contributed by atoms with Gasteiger partial charge in [0.25, 0.3) is 5.56 Å². The van der Waals surface area contributed by atoms with Gasteiger partial charge in [0.05, 0.1) is 19.5 Å². The molecule has 0 saturated heterocycles. The van der Waals surface area contributed by atoms with Crippen molar-refractivity contribution in [2.45, 2.75) is 12.1 Å². The zero-order valence-corrected chi connectivity index (χ0v) is 18.3. The van der Waals surface area contributed by atoms with E-state index in [0.29, 0.717) is 34.7 Å². The monoisotopic (exact) mass is 451 g/mol. The molecule has 9 nitrogen and oxygen atoms in total. The summed E-state index contributed by atoms with van der Waals surface area (Å²) in [6, 6.07) is 15.8. The molecule has 0 aliphatic rings. The average Bonchev–Trinajstić information content (AvgIpc) is 3.19. The number of anilines is 1. The number of rotatable bonds is 8. The molecule has 4 rings (SSSR count). The predicted molar refractivity (Wildman–Crippen MR) is 123 cm³/mol. The minimum atomic E-state index is -0.299. The lowest BCUT2D eigenvalue weighted by Gasteiger charge is -2.09. The lowest BCUT2D eigenvalue weighted by Crippen LogP contribution is -2.15. The molecule has 32 heavy (non-hydrogen) atoms. The van der Waals surface area contributed by atoms with Crippen molar-refractivity contribution in [1.29, 1.82) is 0 Å². The zero-order valence-electron chi connectivity index (χ0n) is 17.5. The number of hydrogen-bond acceptors (Lipinski definition) is 7. The lowest BCUT2D eigenvalue weighted by atomic mass is 10.2. The number of fused-ring (bicyclic) bond motifs is 1. The Kier molecular flexibility index (Phi) is 6.41. The Morgan fingerprint density at radius 1 is 1.09 bits per heavy atom. The van der Waals surface area contributed by atoms with E-state index in [1.54, 1.807) is 31.4 Å². The van der Waals surface area contributed by atoms with Crippen molar-refractivity contribution in [2.75, 3.05) is 24.8 Å². The van der Waals surface area contributed by atoms with Crippen LogP contribution in [0.5, 0.6) is 11.5 Å². The number of ether oxygens (including phenoxy) is 2. The number of thioether (sulfide) groups is 1. The van der Waals surface area contributed by atoms with E-state index in [9.17, 15) is 9.59 Å². The van der Waals surface area contributed by atoms with Crippen LogP contribution in [-0.4, -0.2) is 45.0 Å². The van der Waals surface area contributed by atoms with E-state index >= 15 is 0 Å². The number of hydrogen-bond donors (Lipinski definition) is 2. The summed E-state index contributed by atoms with van der Waals surface area (Å²) in [6.07, 6.45) is 0. The quantitative estimate of drug-likeness (QED) is 0.396. The molecule has 1 amide bonds. The number of benzene rings is 2. The number of aromatic amines is 1. The van der Waals surface area contributed by atoms with Gasteiger partial charge in [-0.25, -0.2) is 14.5 Å². The van der Waals surface area contributed by atoms with Crippen LogP contribution in [0.2, 0.25) is 0 Å². The molecular weight excluding hydrogens is 430 g/mol. The smallest absolute Gasteiger partial charge is 0.266 e. The highest BCUT2D eigenvalue weighted by Gasteiger charge is 2.13. The van der Waals surface area contributed by atoms with Crippen LogP contribution in [-0.2, 0) is 4.79 Å². The molecular formula is C22H21N5O4S. The molecule has 10 heteroatoms. The molecule has 164 valence electrons. The van der Waals surface area contributed by atoms with Gasteiger partial charge >= 0.3 is 0 Å². The second kappa shape index (κ2) is 9.56. The fourth-order valence-corrected chi connectivity index (χ4v) is 3.73. The Bertz CT molecular complexity index is 1280. The molecule has 0 atom stereocenters. The van der Waals surface area contributed by atoms with Gasteiger partial charge in [0.15, 0.2) is 16.6 Å². The van der Waals surface area contributed by atoms with Crippen molar-refractivity contribution in [3.05, 3.63) is 65.0 Å². The van der Waals surface area contributed by atoms with Crippen LogP contribution in [0.1, 0.15) is 6.92 Å². The molecule has 2 aromatic heterocycles. The maximum absolute atomic E-state index is 12.5. The summed E-state index contributed by atoms with van der Waals surface area (Å²) in [7, 11) is 1.59. The Labute approximate surface area is 187 Å². The molecule has 2 N–H and O–H groups in total. The molecule has 0 aliphatic carbocycles. The standard InChI is InChI=1S/C22H21N5O4S/c1-3-31-17-10-6-15(7-11-17)23-20(29)13-32-22-25-21(14-4-8-16(30-2)9-5-14)24-18-12-19(28)26-27(18)22/h4-12H,3,13H2,1-2H3,(H,23,29)(H,26,28).